The van der Waals surface area contributed by atoms with Crippen LogP contribution < -0.4 is 0 Å². The molecule has 2 rings (SSSR count). The summed E-state index contributed by atoms with van der Waals surface area (Å²) in [7, 11) is 0. The maximum absolute atomic E-state index is 12.0. The van der Waals surface area contributed by atoms with E-state index in [2.05, 4.69) is 0 Å². The lowest BCUT2D eigenvalue weighted by Crippen LogP contribution is -2.43. The van der Waals surface area contributed by atoms with Gasteiger partial charge in [-0.05, 0) is 26.7 Å². The van der Waals surface area contributed by atoms with Gasteiger partial charge in [-0.25, -0.2) is 0 Å². The summed E-state index contributed by atoms with van der Waals surface area (Å²) >= 11 is 0. The number of Topliss-reactive ketones (excluding diaryl/α,β-unsaturated/α-hetero) is 1. The van der Waals surface area contributed by atoms with E-state index in [1.54, 1.807) is 0 Å². The molecule has 0 aromatic heterocycles. The lowest BCUT2D eigenvalue weighted by atomic mass is 9.83. The number of carbonyl (C=O) groups excluding carboxylic acids is 1. The predicted molar refractivity (Wildman–Crippen MR) is 62.9 cm³/mol. The normalized spacial score (nSPS) is 33.5. The zero-order valence-electron chi connectivity index (χ0n) is 10.7. The molecule has 0 aromatic rings. The summed E-state index contributed by atoms with van der Waals surface area (Å²) in [4.78, 5) is 12.0. The van der Waals surface area contributed by atoms with E-state index in [9.17, 15) is 4.79 Å². The number of rotatable bonds is 4. The van der Waals surface area contributed by atoms with E-state index >= 15 is 0 Å². The Bertz CT molecular complexity index is 269. The molecule has 17 heavy (non-hydrogen) atoms. The highest BCUT2D eigenvalue weighted by Gasteiger charge is 2.42. The molecule has 2 heterocycles. The predicted octanol–water partition coefficient (Wildman–Crippen LogP) is 1.57. The van der Waals surface area contributed by atoms with E-state index in [0.29, 0.717) is 13.2 Å². The Labute approximate surface area is 103 Å². The second-order valence-electron chi connectivity index (χ2n) is 5.35. The van der Waals surface area contributed by atoms with Gasteiger partial charge in [-0.15, -0.1) is 0 Å². The molecule has 2 fully saturated rings. The van der Waals surface area contributed by atoms with Gasteiger partial charge in [-0.1, -0.05) is 0 Å². The van der Waals surface area contributed by atoms with Gasteiger partial charge < -0.3 is 14.2 Å². The molecule has 0 saturated carbocycles. The van der Waals surface area contributed by atoms with Crippen LogP contribution in [-0.2, 0) is 19.0 Å². The highest BCUT2D eigenvalue weighted by molar-refractivity contribution is 5.82. The molecule has 0 amide bonds. The molecule has 4 heteroatoms. The number of hydrogen-bond donors (Lipinski definition) is 0. The molecule has 98 valence electrons. The highest BCUT2D eigenvalue weighted by Crippen LogP contribution is 2.36. The topological polar surface area (TPSA) is 44.8 Å². The molecular weight excluding hydrogens is 220 g/mol. The standard InChI is InChI=1S/C13H22O4/c1-10(2)16-8-12(14)11-3-5-17-13(7-11)4-6-15-9-13/h10-11H,3-9H2,1-2H3. The van der Waals surface area contributed by atoms with Gasteiger partial charge >= 0.3 is 0 Å². The van der Waals surface area contributed by atoms with Crippen molar-refractivity contribution in [3.63, 3.8) is 0 Å². The molecule has 0 N–H and O–H groups in total. The third-order valence-corrected chi connectivity index (χ3v) is 3.57. The molecule has 2 aliphatic heterocycles. The molecular formula is C13H22O4. The highest BCUT2D eigenvalue weighted by atomic mass is 16.6. The van der Waals surface area contributed by atoms with E-state index < -0.39 is 0 Å². The van der Waals surface area contributed by atoms with Crippen molar-refractivity contribution < 1.29 is 19.0 Å². The molecule has 2 aliphatic rings. The van der Waals surface area contributed by atoms with E-state index in [0.717, 1.165) is 25.9 Å². The molecule has 1 spiro atoms. The monoisotopic (exact) mass is 242 g/mol. The Morgan fingerprint density at radius 2 is 2.29 bits per heavy atom. The smallest absolute Gasteiger partial charge is 0.161 e. The quantitative estimate of drug-likeness (QED) is 0.750. The van der Waals surface area contributed by atoms with Crippen LogP contribution in [0.15, 0.2) is 0 Å². The van der Waals surface area contributed by atoms with Gasteiger partial charge in [0, 0.05) is 25.6 Å². The Kier molecular flexibility index (Phi) is 4.17. The zero-order chi connectivity index (χ0) is 12.3. The zero-order valence-corrected chi connectivity index (χ0v) is 10.7. The van der Waals surface area contributed by atoms with Crippen molar-refractivity contribution in [3.8, 4) is 0 Å². The Morgan fingerprint density at radius 1 is 1.47 bits per heavy atom. The van der Waals surface area contributed by atoms with Crippen LogP contribution in [0.4, 0.5) is 0 Å². The van der Waals surface area contributed by atoms with Crippen LogP contribution in [-0.4, -0.2) is 43.9 Å². The molecule has 0 aromatic carbocycles. The van der Waals surface area contributed by atoms with Gasteiger partial charge in [0.1, 0.15) is 6.61 Å². The minimum absolute atomic E-state index is 0.0872. The second kappa shape index (κ2) is 5.46. The maximum atomic E-state index is 12.0. The molecule has 2 saturated heterocycles. The van der Waals surface area contributed by atoms with Crippen molar-refractivity contribution in [2.75, 3.05) is 26.4 Å². The first-order valence-corrected chi connectivity index (χ1v) is 6.47. The molecule has 2 atom stereocenters. The average Bonchev–Trinajstić information content (AvgIpc) is 2.74. The molecule has 0 radical (unpaired) electrons. The fourth-order valence-corrected chi connectivity index (χ4v) is 2.53. The van der Waals surface area contributed by atoms with Crippen LogP contribution in [0.3, 0.4) is 0 Å². The van der Waals surface area contributed by atoms with Crippen LogP contribution in [0.2, 0.25) is 0 Å². The van der Waals surface area contributed by atoms with Crippen molar-refractivity contribution in [1.29, 1.82) is 0 Å². The van der Waals surface area contributed by atoms with Gasteiger partial charge in [-0.2, -0.15) is 0 Å². The van der Waals surface area contributed by atoms with Gasteiger partial charge in [0.15, 0.2) is 5.78 Å². The third kappa shape index (κ3) is 3.27. The Hall–Kier alpha value is -0.450. The number of ketones is 1. The molecule has 0 bridgehead atoms. The average molecular weight is 242 g/mol. The number of hydrogen-bond acceptors (Lipinski definition) is 4. The lowest BCUT2D eigenvalue weighted by molar-refractivity contribution is -0.142. The van der Waals surface area contributed by atoms with Gasteiger partial charge in [0.2, 0.25) is 0 Å². The Morgan fingerprint density at radius 3 is 2.94 bits per heavy atom. The van der Waals surface area contributed by atoms with Crippen molar-refractivity contribution in [2.24, 2.45) is 5.92 Å². The van der Waals surface area contributed by atoms with Crippen molar-refractivity contribution >= 4 is 5.78 Å². The first-order valence-electron chi connectivity index (χ1n) is 6.47. The van der Waals surface area contributed by atoms with E-state index in [1.165, 1.54) is 0 Å². The van der Waals surface area contributed by atoms with E-state index in [-0.39, 0.29) is 30.0 Å². The first-order chi connectivity index (χ1) is 8.11. The van der Waals surface area contributed by atoms with E-state index in [1.807, 2.05) is 13.8 Å². The number of ether oxygens (including phenoxy) is 3. The lowest BCUT2D eigenvalue weighted by Gasteiger charge is -2.36. The Balaban J connectivity index is 1.86. The van der Waals surface area contributed by atoms with Crippen LogP contribution in [0.25, 0.3) is 0 Å². The molecule has 2 unspecified atom stereocenters. The fourth-order valence-electron chi connectivity index (χ4n) is 2.53. The molecule has 4 nitrogen and oxygen atoms in total. The second-order valence-corrected chi connectivity index (χ2v) is 5.35. The van der Waals surface area contributed by atoms with Crippen LogP contribution in [0.1, 0.15) is 33.1 Å². The first kappa shape index (κ1) is 13.0. The maximum Gasteiger partial charge on any atom is 0.161 e. The largest absolute Gasteiger partial charge is 0.378 e. The summed E-state index contributed by atoms with van der Waals surface area (Å²) in [5.41, 5.74) is -0.184. The summed E-state index contributed by atoms with van der Waals surface area (Å²) in [5, 5.41) is 0. The third-order valence-electron chi connectivity index (χ3n) is 3.57. The summed E-state index contributed by atoms with van der Waals surface area (Å²) < 4.78 is 16.6. The summed E-state index contributed by atoms with van der Waals surface area (Å²) in [6.07, 6.45) is 2.65. The van der Waals surface area contributed by atoms with Crippen molar-refractivity contribution in [3.05, 3.63) is 0 Å². The van der Waals surface area contributed by atoms with Crippen LogP contribution in [0, 0.1) is 5.92 Å². The SMILES string of the molecule is CC(C)OCC(=O)C1CCOC2(CCOC2)C1. The summed E-state index contributed by atoms with van der Waals surface area (Å²) in [6.45, 7) is 6.19. The van der Waals surface area contributed by atoms with Gasteiger partial charge in [-0.3, -0.25) is 4.79 Å². The van der Waals surface area contributed by atoms with Crippen molar-refractivity contribution in [2.45, 2.75) is 44.8 Å². The van der Waals surface area contributed by atoms with Gasteiger partial charge in [0.25, 0.3) is 0 Å². The fraction of sp³-hybridized carbons (Fsp3) is 0.923. The van der Waals surface area contributed by atoms with Crippen molar-refractivity contribution in [1.82, 2.24) is 0 Å². The van der Waals surface area contributed by atoms with Crippen LogP contribution >= 0.6 is 0 Å². The van der Waals surface area contributed by atoms with Crippen LogP contribution in [0.5, 0.6) is 0 Å². The van der Waals surface area contributed by atoms with Gasteiger partial charge in [0.05, 0.1) is 18.3 Å². The molecule has 0 aliphatic carbocycles. The summed E-state index contributed by atoms with van der Waals surface area (Å²) in [5.74, 6) is 0.303. The minimum Gasteiger partial charge on any atom is -0.378 e. The van der Waals surface area contributed by atoms with E-state index in [4.69, 9.17) is 14.2 Å². The minimum atomic E-state index is -0.184. The summed E-state index contributed by atoms with van der Waals surface area (Å²) in [6, 6.07) is 0. The number of carbonyl (C=O) groups is 1.